The summed E-state index contributed by atoms with van der Waals surface area (Å²) in [5.74, 6) is 0.519. The van der Waals surface area contributed by atoms with Gasteiger partial charge in [-0.25, -0.2) is 0 Å². The van der Waals surface area contributed by atoms with Gasteiger partial charge in [-0.3, -0.25) is 4.79 Å². The van der Waals surface area contributed by atoms with Crippen molar-refractivity contribution < 1.29 is 4.79 Å². The van der Waals surface area contributed by atoms with Crippen molar-refractivity contribution in [2.75, 3.05) is 5.32 Å². The molecule has 3 atom stereocenters. The normalized spacial score (nSPS) is 19.0. The van der Waals surface area contributed by atoms with E-state index in [4.69, 9.17) is 5.73 Å². The summed E-state index contributed by atoms with van der Waals surface area (Å²) in [5.41, 5.74) is 10.4. The monoisotopic (exact) mass is 316 g/mol. The second kappa shape index (κ2) is 6.66. The number of carbonyl (C=O) groups is 1. The van der Waals surface area contributed by atoms with E-state index in [1.807, 2.05) is 0 Å². The van der Waals surface area contributed by atoms with Crippen molar-refractivity contribution >= 4 is 26.0 Å². The fourth-order valence-electron chi connectivity index (χ4n) is 2.89. The van der Waals surface area contributed by atoms with Crippen LogP contribution < -0.4 is 16.4 Å². The Balaban J connectivity index is 2.29. The zero-order chi connectivity index (χ0) is 16.4. The molecule has 3 nitrogen and oxygen atoms in total. The number of nitrogens with one attached hydrogen (secondary N) is 1. The highest BCUT2D eigenvalue weighted by Gasteiger charge is 2.29. The molecule has 3 unspecified atom stereocenters. The molecule has 3 N–H and O–H groups in total. The Morgan fingerprint density at radius 3 is 2.82 bits per heavy atom. The van der Waals surface area contributed by atoms with Gasteiger partial charge < -0.3 is 11.1 Å². The van der Waals surface area contributed by atoms with Crippen LogP contribution in [0, 0.1) is 0 Å². The highest BCUT2D eigenvalue weighted by atomic mass is 31.0. The number of fused-ring (bicyclic) bond motifs is 1. The van der Waals surface area contributed by atoms with Crippen LogP contribution in [0.4, 0.5) is 5.69 Å². The summed E-state index contributed by atoms with van der Waals surface area (Å²) in [5, 5.41) is 4.57. The van der Waals surface area contributed by atoms with Crippen LogP contribution in [-0.2, 0) is 11.2 Å². The summed E-state index contributed by atoms with van der Waals surface area (Å²) in [6.45, 7) is 9.84. The quantitative estimate of drug-likeness (QED) is 0.499. The first-order valence-electron chi connectivity index (χ1n) is 7.70. The van der Waals surface area contributed by atoms with Gasteiger partial charge in [-0.15, -0.1) is 9.24 Å². The minimum absolute atomic E-state index is 0.0154. The van der Waals surface area contributed by atoms with Gasteiger partial charge in [0.25, 0.3) is 0 Å². The number of anilines is 1. The molecule has 0 saturated heterocycles. The fourth-order valence-corrected chi connectivity index (χ4v) is 3.46. The van der Waals surface area contributed by atoms with Gasteiger partial charge in [0.05, 0.1) is 6.04 Å². The van der Waals surface area contributed by atoms with Gasteiger partial charge in [0.15, 0.2) is 5.78 Å². The highest BCUT2D eigenvalue weighted by molar-refractivity contribution is 7.27. The van der Waals surface area contributed by atoms with Crippen molar-refractivity contribution in [2.24, 2.45) is 5.73 Å². The molecule has 0 saturated carbocycles. The number of carbonyl (C=O) groups excluding carboxylic acids is 1. The molecule has 118 valence electrons. The molecular formula is C18H25N2OP. The van der Waals surface area contributed by atoms with Gasteiger partial charge >= 0.3 is 0 Å². The molecule has 22 heavy (non-hydrogen) atoms. The van der Waals surface area contributed by atoms with Crippen LogP contribution in [-0.4, -0.2) is 11.8 Å². The van der Waals surface area contributed by atoms with E-state index in [2.05, 4.69) is 47.1 Å². The Hall–Kier alpha value is -1.60. The van der Waals surface area contributed by atoms with Gasteiger partial charge in [-0.2, -0.15) is 0 Å². The van der Waals surface area contributed by atoms with E-state index in [-0.39, 0.29) is 11.8 Å². The van der Waals surface area contributed by atoms with Crippen LogP contribution in [0.3, 0.4) is 0 Å². The minimum Gasteiger partial charge on any atom is -0.402 e. The maximum Gasteiger partial charge on any atom is 0.187 e. The van der Waals surface area contributed by atoms with Crippen LogP contribution in [0.5, 0.6) is 0 Å². The molecule has 1 aliphatic heterocycles. The summed E-state index contributed by atoms with van der Waals surface area (Å²) < 4.78 is 0. The van der Waals surface area contributed by atoms with Crippen molar-refractivity contribution in [1.82, 2.24) is 0 Å². The third-order valence-electron chi connectivity index (χ3n) is 4.42. The first kappa shape index (κ1) is 16.8. The highest BCUT2D eigenvalue weighted by Crippen LogP contribution is 2.31. The molecule has 1 aromatic rings. The molecular weight excluding hydrogens is 291 g/mol. The molecule has 0 aromatic heterocycles. The summed E-state index contributed by atoms with van der Waals surface area (Å²) in [6.07, 6.45) is 3.34. The number of hydrogen-bond acceptors (Lipinski definition) is 3. The van der Waals surface area contributed by atoms with E-state index in [9.17, 15) is 4.79 Å². The summed E-state index contributed by atoms with van der Waals surface area (Å²) >= 11 is 0. The largest absolute Gasteiger partial charge is 0.402 e. The molecule has 0 amide bonds. The zero-order valence-corrected chi connectivity index (χ0v) is 14.7. The smallest absolute Gasteiger partial charge is 0.187 e. The maximum absolute atomic E-state index is 12.6. The second-order valence-corrected chi connectivity index (χ2v) is 6.64. The van der Waals surface area contributed by atoms with Gasteiger partial charge in [0.2, 0.25) is 0 Å². The Kier molecular flexibility index (Phi) is 5.08. The van der Waals surface area contributed by atoms with E-state index in [1.54, 1.807) is 13.0 Å². The molecule has 0 aliphatic carbocycles. The topological polar surface area (TPSA) is 55.1 Å². The van der Waals surface area contributed by atoms with Gasteiger partial charge in [0, 0.05) is 23.4 Å². The first-order chi connectivity index (χ1) is 10.4. The van der Waals surface area contributed by atoms with Gasteiger partial charge in [0.1, 0.15) is 0 Å². The van der Waals surface area contributed by atoms with Crippen LogP contribution in [0.25, 0.3) is 0 Å². The molecule has 0 fully saturated rings. The Labute approximate surface area is 135 Å². The summed E-state index contributed by atoms with van der Waals surface area (Å²) in [4.78, 5) is 12.6. The van der Waals surface area contributed by atoms with E-state index in [0.717, 1.165) is 12.1 Å². The predicted molar refractivity (Wildman–Crippen MR) is 97.7 cm³/mol. The number of allylic oxidation sites excluding steroid dienone is 2. The number of Topliss-reactive ketones (excluding diaryl/α,β-unsaturated/α-hetero) is 1. The Morgan fingerprint density at radius 1 is 1.59 bits per heavy atom. The lowest BCUT2D eigenvalue weighted by Crippen LogP contribution is -2.29. The van der Waals surface area contributed by atoms with Crippen LogP contribution in [0.2, 0.25) is 0 Å². The minimum atomic E-state index is -0.252. The lowest BCUT2D eigenvalue weighted by Gasteiger charge is -2.15. The molecule has 1 aromatic carbocycles. The molecule has 1 heterocycles. The number of hydrogen-bond donors (Lipinski definition) is 2. The maximum atomic E-state index is 12.6. The second-order valence-electron chi connectivity index (χ2n) is 6.01. The van der Waals surface area contributed by atoms with Crippen molar-refractivity contribution in [2.45, 2.75) is 45.6 Å². The van der Waals surface area contributed by atoms with Crippen molar-refractivity contribution in [3.8, 4) is 0 Å². The first-order valence-corrected chi connectivity index (χ1v) is 8.28. The average molecular weight is 316 g/mol. The average Bonchev–Trinajstić information content (AvgIpc) is 2.88. The van der Waals surface area contributed by atoms with Crippen LogP contribution in [0.15, 0.2) is 36.1 Å². The molecule has 0 bridgehead atoms. The van der Waals surface area contributed by atoms with E-state index in [1.165, 1.54) is 16.4 Å². The van der Waals surface area contributed by atoms with Gasteiger partial charge in [-0.05, 0) is 47.8 Å². The molecule has 1 aliphatic rings. The van der Waals surface area contributed by atoms with E-state index in [0.29, 0.717) is 23.6 Å². The fraction of sp³-hybridized carbons (Fsp3) is 0.389. The third-order valence-corrected chi connectivity index (χ3v) is 4.92. The van der Waals surface area contributed by atoms with Crippen molar-refractivity contribution in [3.63, 3.8) is 0 Å². The number of benzene rings is 1. The predicted octanol–water partition coefficient (Wildman–Crippen LogP) is 3.02. The lowest BCUT2D eigenvalue weighted by atomic mass is 9.95. The third kappa shape index (κ3) is 3.10. The molecule has 0 spiro atoms. The Morgan fingerprint density at radius 2 is 2.27 bits per heavy atom. The lowest BCUT2D eigenvalue weighted by molar-refractivity contribution is -0.115. The standard InChI is InChI=1S/C18H25N2OP/c1-5-10(3)14-9-15-12(8-17(14)22)7-16(20-15)18(21)13(6-2)11(4)19/h6,8-10,16,20H,2,5,7,19,22H2,1,3-4H3/b13-11-. The Bertz CT molecular complexity index is 645. The van der Waals surface area contributed by atoms with Crippen molar-refractivity contribution in [1.29, 1.82) is 0 Å². The van der Waals surface area contributed by atoms with E-state index >= 15 is 0 Å². The zero-order valence-electron chi connectivity index (χ0n) is 13.6. The molecule has 4 heteroatoms. The van der Waals surface area contributed by atoms with Crippen LogP contribution >= 0.6 is 9.24 Å². The summed E-state index contributed by atoms with van der Waals surface area (Å²) in [6, 6.07) is 4.11. The molecule has 0 radical (unpaired) electrons. The van der Waals surface area contributed by atoms with E-state index < -0.39 is 0 Å². The number of ketones is 1. The number of nitrogens with two attached hydrogens (primary N) is 1. The molecule has 2 rings (SSSR count). The summed E-state index contributed by atoms with van der Waals surface area (Å²) in [7, 11) is 2.82. The number of rotatable bonds is 5. The van der Waals surface area contributed by atoms with Gasteiger partial charge in [-0.1, -0.05) is 26.5 Å². The van der Waals surface area contributed by atoms with Crippen molar-refractivity contribution in [3.05, 3.63) is 47.2 Å². The van der Waals surface area contributed by atoms with Crippen LogP contribution in [0.1, 0.15) is 44.2 Å². The SMILES string of the molecule is C=C/C(C(=O)C1Cc2cc(P)c(C(C)CC)cc2N1)=C(\C)N.